The summed E-state index contributed by atoms with van der Waals surface area (Å²) in [4.78, 5) is 11.5. The minimum atomic E-state index is -4.68. The molecule has 0 radical (unpaired) electrons. The van der Waals surface area contributed by atoms with Gasteiger partial charge in [-0.05, 0) is 41.0 Å². The Morgan fingerprint density at radius 2 is 1.50 bits per heavy atom. The lowest BCUT2D eigenvalue weighted by molar-refractivity contribution is -0.137. The first-order valence-corrected chi connectivity index (χ1v) is 7.58. The second-order valence-corrected chi connectivity index (χ2v) is 5.59. The highest BCUT2D eigenvalue weighted by atomic mass is 19.4. The van der Waals surface area contributed by atoms with Crippen LogP contribution < -0.4 is 0 Å². The number of hydrogen-bond donors (Lipinski definition) is 1. The molecule has 0 aliphatic rings. The average Bonchev–Trinajstić information content (AvgIpc) is 2.60. The zero-order valence-corrected chi connectivity index (χ0v) is 13.2. The Balaban J connectivity index is 2.40. The van der Waals surface area contributed by atoms with Gasteiger partial charge in [0, 0.05) is 5.56 Å². The summed E-state index contributed by atoms with van der Waals surface area (Å²) >= 11 is 0. The van der Waals surface area contributed by atoms with Gasteiger partial charge in [0.25, 0.3) is 0 Å². The molecule has 132 valence electrons. The molecule has 3 aromatic carbocycles. The highest BCUT2D eigenvalue weighted by molar-refractivity contribution is 5.99. The number of aromatic carboxylic acids is 1. The Hall–Kier alpha value is -3.15. The summed E-state index contributed by atoms with van der Waals surface area (Å²) in [5, 5.41) is 9.38. The van der Waals surface area contributed by atoms with Crippen LogP contribution in [0.1, 0.15) is 15.9 Å². The van der Waals surface area contributed by atoms with Gasteiger partial charge in [-0.15, -0.1) is 0 Å². The van der Waals surface area contributed by atoms with E-state index >= 15 is 0 Å². The first kappa shape index (κ1) is 17.7. The number of halogens is 4. The zero-order chi connectivity index (χ0) is 18.9. The van der Waals surface area contributed by atoms with E-state index in [0.717, 1.165) is 18.2 Å². The lowest BCUT2D eigenvalue weighted by Crippen LogP contribution is -2.09. The number of carboxylic acids is 1. The number of rotatable bonds is 3. The molecule has 0 saturated heterocycles. The van der Waals surface area contributed by atoms with E-state index in [0.29, 0.717) is 0 Å². The molecule has 6 heteroatoms. The van der Waals surface area contributed by atoms with Crippen LogP contribution in [0.3, 0.4) is 0 Å². The van der Waals surface area contributed by atoms with Crippen LogP contribution in [0.2, 0.25) is 0 Å². The van der Waals surface area contributed by atoms with Gasteiger partial charge in [0.2, 0.25) is 0 Å². The first-order valence-electron chi connectivity index (χ1n) is 7.58. The molecule has 0 fully saturated rings. The van der Waals surface area contributed by atoms with Crippen molar-refractivity contribution in [2.75, 3.05) is 0 Å². The van der Waals surface area contributed by atoms with E-state index < -0.39 is 23.5 Å². The molecule has 1 N–H and O–H groups in total. The third kappa shape index (κ3) is 3.31. The predicted molar refractivity (Wildman–Crippen MR) is 89.2 cm³/mol. The zero-order valence-electron chi connectivity index (χ0n) is 13.2. The van der Waals surface area contributed by atoms with Crippen LogP contribution in [-0.2, 0) is 6.18 Å². The van der Waals surface area contributed by atoms with Crippen molar-refractivity contribution in [1.29, 1.82) is 0 Å². The summed E-state index contributed by atoms with van der Waals surface area (Å²) in [6.45, 7) is 0. The molecule has 0 saturated carbocycles. The SMILES string of the molecule is O=C(O)c1ccccc1-c1cccc(C(F)(F)F)c1-c1cccc(F)c1. The maximum Gasteiger partial charge on any atom is 0.417 e. The summed E-state index contributed by atoms with van der Waals surface area (Å²) in [5.41, 5.74) is -1.12. The van der Waals surface area contributed by atoms with Gasteiger partial charge in [-0.2, -0.15) is 13.2 Å². The number of carbonyl (C=O) groups is 1. The fourth-order valence-corrected chi connectivity index (χ4v) is 2.87. The standard InChI is InChI=1S/C20H12F4O2/c21-13-6-3-5-12(11-13)18-15(9-4-10-17(18)20(22,23)24)14-7-1-2-8-16(14)19(25)26/h1-11H,(H,25,26). The van der Waals surface area contributed by atoms with Gasteiger partial charge in [-0.25, -0.2) is 9.18 Å². The van der Waals surface area contributed by atoms with Crippen LogP contribution >= 0.6 is 0 Å². The van der Waals surface area contributed by atoms with Crippen molar-refractivity contribution >= 4 is 5.97 Å². The van der Waals surface area contributed by atoms with E-state index in [9.17, 15) is 27.5 Å². The summed E-state index contributed by atoms with van der Waals surface area (Å²) in [7, 11) is 0. The van der Waals surface area contributed by atoms with Crippen LogP contribution in [0.25, 0.3) is 22.3 Å². The highest BCUT2D eigenvalue weighted by Gasteiger charge is 2.35. The third-order valence-corrected chi connectivity index (χ3v) is 3.93. The van der Waals surface area contributed by atoms with E-state index in [1.165, 1.54) is 48.5 Å². The maximum atomic E-state index is 13.6. The molecule has 0 aromatic heterocycles. The summed E-state index contributed by atoms with van der Waals surface area (Å²) in [6.07, 6.45) is -4.68. The van der Waals surface area contributed by atoms with Crippen LogP contribution in [0, 0.1) is 5.82 Å². The van der Waals surface area contributed by atoms with E-state index in [1.807, 2.05) is 0 Å². The Bertz CT molecular complexity index is 978. The van der Waals surface area contributed by atoms with E-state index in [4.69, 9.17) is 0 Å². The Morgan fingerprint density at radius 1 is 0.846 bits per heavy atom. The molecular formula is C20H12F4O2. The topological polar surface area (TPSA) is 37.3 Å². The quantitative estimate of drug-likeness (QED) is 0.593. The van der Waals surface area contributed by atoms with Crippen LogP contribution in [0.15, 0.2) is 66.7 Å². The van der Waals surface area contributed by atoms with E-state index in [2.05, 4.69) is 0 Å². The van der Waals surface area contributed by atoms with Crippen molar-refractivity contribution < 1.29 is 27.5 Å². The fourth-order valence-electron chi connectivity index (χ4n) is 2.87. The predicted octanol–water partition coefficient (Wildman–Crippen LogP) is 5.88. The van der Waals surface area contributed by atoms with Crippen molar-refractivity contribution in [2.45, 2.75) is 6.18 Å². The lowest BCUT2D eigenvalue weighted by atomic mass is 9.88. The highest BCUT2D eigenvalue weighted by Crippen LogP contribution is 2.43. The normalized spacial score (nSPS) is 11.4. The molecule has 0 spiro atoms. The summed E-state index contributed by atoms with van der Waals surface area (Å²) in [6, 6.07) is 14.1. The molecule has 0 aliphatic heterocycles. The van der Waals surface area contributed by atoms with Gasteiger partial charge in [0.05, 0.1) is 11.1 Å². The monoisotopic (exact) mass is 360 g/mol. The van der Waals surface area contributed by atoms with Gasteiger partial charge in [-0.3, -0.25) is 0 Å². The molecule has 0 aliphatic carbocycles. The van der Waals surface area contributed by atoms with Gasteiger partial charge in [0.15, 0.2) is 0 Å². The maximum absolute atomic E-state index is 13.6. The van der Waals surface area contributed by atoms with Crippen molar-refractivity contribution in [3.8, 4) is 22.3 Å². The lowest BCUT2D eigenvalue weighted by Gasteiger charge is -2.18. The molecule has 3 rings (SSSR count). The Labute approximate surface area is 146 Å². The minimum absolute atomic E-state index is 0.0214. The Morgan fingerprint density at radius 3 is 2.15 bits per heavy atom. The van der Waals surface area contributed by atoms with Gasteiger partial charge in [-0.1, -0.05) is 42.5 Å². The second kappa shape index (κ2) is 6.63. The number of benzene rings is 3. The molecule has 0 amide bonds. The largest absolute Gasteiger partial charge is 0.478 e. The van der Waals surface area contributed by atoms with Crippen molar-refractivity contribution in [3.05, 3.63) is 83.7 Å². The summed E-state index contributed by atoms with van der Waals surface area (Å²) < 4.78 is 54.4. The van der Waals surface area contributed by atoms with Crippen LogP contribution in [-0.4, -0.2) is 11.1 Å². The smallest absolute Gasteiger partial charge is 0.417 e. The molecule has 2 nitrogen and oxygen atoms in total. The van der Waals surface area contributed by atoms with Crippen molar-refractivity contribution in [3.63, 3.8) is 0 Å². The second-order valence-electron chi connectivity index (χ2n) is 5.59. The number of hydrogen-bond acceptors (Lipinski definition) is 1. The van der Waals surface area contributed by atoms with Crippen molar-refractivity contribution in [1.82, 2.24) is 0 Å². The molecule has 0 atom stereocenters. The molecule has 0 heterocycles. The van der Waals surface area contributed by atoms with Gasteiger partial charge >= 0.3 is 12.1 Å². The molecular weight excluding hydrogens is 348 g/mol. The van der Waals surface area contributed by atoms with Crippen molar-refractivity contribution in [2.24, 2.45) is 0 Å². The Kier molecular flexibility index (Phi) is 4.50. The first-order chi connectivity index (χ1) is 12.3. The summed E-state index contributed by atoms with van der Waals surface area (Å²) in [5.74, 6) is -1.94. The van der Waals surface area contributed by atoms with Gasteiger partial charge in [0.1, 0.15) is 5.82 Å². The van der Waals surface area contributed by atoms with Crippen LogP contribution in [0.4, 0.5) is 17.6 Å². The van der Waals surface area contributed by atoms with E-state index in [-0.39, 0.29) is 27.8 Å². The van der Waals surface area contributed by atoms with E-state index in [1.54, 1.807) is 0 Å². The molecule has 0 bridgehead atoms. The average molecular weight is 360 g/mol. The number of carboxylic acid groups (broad SMARTS) is 1. The van der Waals surface area contributed by atoms with Gasteiger partial charge < -0.3 is 5.11 Å². The third-order valence-electron chi connectivity index (χ3n) is 3.93. The molecule has 26 heavy (non-hydrogen) atoms. The van der Waals surface area contributed by atoms with Crippen LogP contribution in [0.5, 0.6) is 0 Å². The molecule has 0 unspecified atom stereocenters. The minimum Gasteiger partial charge on any atom is -0.478 e. The fraction of sp³-hybridized carbons (Fsp3) is 0.0500. The number of alkyl halides is 3. The molecule has 3 aromatic rings.